The van der Waals surface area contributed by atoms with Gasteiger partial charge in [0.25, 0.3) is 0 Å². The molecule has 6 rings (SSSR count). The number of fused-ring (bicyclic) bond motifs is 2. The fourth-order valence-electron chi connectivity index (χ4n) is 4.63. The molecular weight excluding hydrogens is 646 g/mol. The van der Waals surface area contributed by atoms with E-state index in [1.807, 2.05) is 18.4 Å². The number of ether oxygens (including phenoxy) is 4. The van der Waals surface area contributed by atoms with E-state index in [-0.39, 0.29) is 40.1 Å². The van der Waals surface area contributed by atoms with Gasteiger partial charge in [0, 0.05) is 19.8 Å². The Morgan fingerprint density at radius 2 is 1.28 bits per heavy atom. The van der Waals surface area contributed by atoms with Crippen LogP contribution in [-0.2, 0) is 9.47 Å². The van der Waals surface area contributed by atoms with Crippen LogP contribution in [0.3, 0.4) is 0 Å². The van der Waals surface area contributed by atoms with Gasteiger partial charge in [-0.3, -0.25) is 9.13 Å². The number of hydrogen-bond acceptors (Lipinski definition) is 11. The Morgan fingerprint density at radius 1 is 0.721 bits per heavy atom. The zero-order chi connectivity index (χ0) is 30.9. The molecule has 6 heterocycles. The fourth-order valence-corrected chi connectivity index (χ4v) is 5.48. The maximum atomic E-state index is 7.57. The Bertz CT molecular complexity index is 1490. The van der Waals surface area contributed by atoms with Crippen molar-refractivity contribution >= 4 is 68.7 Å². The topological polar surface area (TPSA) is 144 Å². The van der Waals surface area contributed by atoms with Crippen molar-refractivity contribution in [3.8, 4) is 11.9 Å². The van der Waals surface area contributed by atoms with Crippen molar-refractivity contribution in [1.29, 1.82) is 0 Å². The fraction of sp³-hybridized carbons (Fsp3) is 0.615. The van der Waals surface area contributed by atoms with Crippen LogP contribution in [-0.4, -0.2) is 77.2 Å². The number of hydrogen-bond donors (Lipinski definition) is 1. The third-order valence-corrected chi connectivity index (χ3v) is 7.18. The summed E-state index contributed by atoms with van der Waals surface area (Å²) in [6.45, 7) is 8.11. The number of imidazole rings is 2. The standard InChI is InChI=1S/C14H19ClN4O3.C10H9Cl3N4O.C2H6O/c1-3-20-12-10-11(17-13(15)18-12)19(14(16-10)21-4-2)9-7-5-6-8-22-9;11-7-6-8(16-9(12)15-7)17(10(13)14-6)5-3-1-2-4-18-5;1-2-3/h9H,3-8H2,1-2H3;5H,1-4H2;3H,2H2,1H3. The van der Waals surface area contributed by atoms with E-state index in [2.05, 4.69) is 29.9 Å². The van der Waals surface area contributed by atoms with E-state index in [1.54, 1.807) is 11.5 Å². The predicted molar refractivity (Wildman–Crippen MR) is 163 cm³/mol. The molecule has 0 radical (unpaired) electrons. The highest BCUT2D eigenvalue weighted by Gasteiger charge is 2.27. The van der Waals surface area contributed by atoms with E-state index in [0.717, 1.165) is 38.5 Å². The van der Waals surface area contributed by atoms with Crippen LogP contribution in [0.4, 0.5) is 0 Å². The lowest BCUT2D eigenvalue weighted by Crippen LogP contribution is -2.19. The Kier molecular flexibility index (Phi) is 12.6. The van der Waals surface area contributed by atoms with E-state index < -0.39 is 0 Å². The molecule has 17 heteroatoms. The molecule has 4 aromatic heterocycles. The molecule has 0 aliphatic carbocycles. The lowest BCUT2D eigenvalue weighted by Gasteiger charge is -2.25. The lowest BCUT2D eigenvalue weighted by atomic mass is 10.2. The van der Waals surface area contributed by atoms with Crippen molar-refractivity contribution in [1.82, 2.24) is 39.0 Å². The van der Waals surface area contributed by atoms with E-state index in [9.17, 15) is 0 Å². The molecule has 2 fully saturated rings. The molecule has 13 nitrogen and oxygen atoms in total. The number of halogens is 4. The summed E-state index contributed by atoms with van der Waals surface area (Å²) in [6, 6.07) is 0.460. The second-order valence-corrected chi connectivity index (χ2v) is 10.6. The molecule has 0 aromatic carbocycles. The summed E-state index contributed by atoms with van der Waals surface area (Å²) in [5.41, 5.74) is 2.08. The van der Waals surface area contributed by atoms with Crippen molar-refractivity contribution in [3.63, 3.8) is 0 Å². The zero-order valence-corrected chi connectivity index (χ0v) is 27.1. The molecule has 2 saturated heterocycles. The number of rotatable bonds is 6. The maximum Gasteiger partial charge on any atom is 0.300 e. The van der Waals surface area contributed by atoms with Crippen LogP contribution in [0.2, 0.25) is 21.0 Å². The normalized spacial score (nSPS) is 18.5. The largest absolute Gasteiger partial charge is 0.476 e. The van der Waals surface area contributed by atoms with Crippen LogP contribution in [0.1, 0.15) is 71.8 Å². The molecule has 2 atom stereocenters. The molecule has 236 valence electrons. The highest BCUT2D eigenvalue weighted by molar-refractivity contribution is 6.36. The second kappa shape index (κ2) is 16.2. The predicted octanol–water partition coefficient (Wildman–Crippen LogP) is 6.46. The van der Waals surface area contributed by atoms with Crippen LogP contribution >= 0.6 is 46.4 Å². The summed E-state index contributed by atoms with van der Waals surface area (Å²) < 4.78 is 26.3. The summed E-state index contributed by atoms with van der Waals surface area (Å²) >= 11 is 23.9. The molecule has 1 N–H and O–H groups in total. The van der Waals surface area contributed by atoms with Crippen LogP contribution in [0.5, 0.6) is 11.9 Å². The molecule has 43 heavy (non-hydrogen) atoms. The Morgan fingerprint density at radius 3 is 1.84 bits per heavy atom. The SMILES string of the molecule is CCO.CCOc1nc(Cl)nc2c1nc(OCC)n2C1CCCCO1.Clc1nc(Cl)c2nc(Cl)n(C3CCCCO3)c2n1. The van der Waals surface area contributed by atoms with E-state index in [4.69, 9.17) is 70.5 Å². The van der Waals surface area contributed by atoms with Gasteiger partial charge in [0.2, 0.25) is 21.7 Å². The molecule has 0 amide bonds. The van der Waals surface area contributed by atoms with Gasteiger partial charge in [-0.2, -0.15) is 19.9 Å². The lowest BCUT2D eigenvalue weighted by molar-refractivity contribution is -0.0340. The second-order valence-electron chi connectivity index (χ2n) is 9.27. The summed E-state index contributed by atoms with van der Waals surface area (Å²) in [4.78, 5) is 25.1. The van der Waals surface area contributed by atoms with E-state index >= 15 is 0 Å². The summed E-state index contributed by atoms with van der Waals surface area (Å²) in [6.07, 6.45) is 5.71. The van der Waals surface area contributed by atoms with Gasteiger partial charge in [-0.1, -0.05) is 11.6 Å². The van der Waals surface area contributed by atoms with Gasteiger partial charge in [-0.05, 0) is 94.1 Å². The van der Waals surface area contributed by atoms with Crippen molar-refractivity contribution in [2.24, 2.45) is 0 Å². The minimum Gasteiger partial charge on any atom is -0.476 e. The first-order chi connectivity index (χ1) is 20.8. The molecule has 0 bridgehead atoms. The molecule has 0 spiro atoms. The zero-order valence-electron chi connectivity index (χ0n) is 24.1. The highest BCUT2D eigenvalue weighted by atomic mass is 35.5. The van der Waals surface area contributed by atoms with Gasteiger partial charge < -0.3 is 24.1 Å². The molecule has 2 aliphatic heterocycles. The van der Waals surface area contributed by atoms with E-state index in [1.165, 1.54) is 0 Å². The minimum atomic E-state index is -0.168. The van der Waals surface area contributed by atoms with Gasteiger partial charge in [-0.15, -0.1) is 0 Å². The average molecular weight is 680 g/mol. The molecule has 2 aliphatic rings. The first-order valence-electron chi connectivity index (χ1n) is 14.1. The Balaban J connectivity index is 0.000000183. The quantitative estimate of drug-likeness (QED) is 0.136. The van der Waals surface area contributed by atoms with Crippen molar-refractivity contribution in [2.75, 3.05) is 33.0 Å². The van der Waals surface area contributed by atoms with Crippen LogP contribution in [0.15, 0.2) is 0 Å². The molecule has 2 unspecified atom stereocenters. The molecule has 0 saturated carbocycles. The number of aliphatic hydroxyl groups is 1. The van der Waals surface area contributed by atoms with Gasteiger partial charge in [0.15, 0.2) is 22.0 Å². The molecule has 4 aromatic rings. The maximum absolute atomic E-state index is 7.57. The smallest absolute Gasteiger partial charge is 0.300 e. The van der Waals surface area contributed by atoms with E-state index in [0.29, 0.717) is 60.6 Å². The Hall–Kier alpha value is -2.26. The van der Waals surface area contributed by atoms with Crippen molar-refractivity contribution in [2.45, 2.75) is 71.8 Å². The van der Waals surface area contributed by atoms with Crippen LogP contribution < -0.4 is 9.47 Å². The number of aliphatic hydroxyl groups excluding tert-OH is 1. The first kappa shape index (κ1) is 33.6. The third kappa shape index (κ3) is 8.07. The van der Waals surface area contributed by atoms with Gasteiger partial charge in [-0.25, -0.2) is 9.97 Å². The van der Waals surface area contributed by atoms with Gasteiger partial charge in [0.1, 0.15) is 18.0 Å². The highest BCUT2D eigenvalue weighted by Crippen LogP contribution is 2.35. The van der Waals surface area contributed by atoms with Crippen molar-refractivity contribution in [3.05, 3.63) is 21.0 Å². The molecular formula is C26H34Cl4N8O5. The van der Waals surface area contributed by atoms with Gasteiger partial charge in [0.05, 0.1) is 13.2 Å². The summed E-state index contributed by atoms with van der Waals surface area (Å²) in [7, 11) is 0. The third-order valence-electron chi connectivity index (χ3n) is 6.32. The summed E-state index contributed by atoms with van der Waals surface area (Å²) in [5, 5.41) is 8.24. The van der Waals surface area contributed by atoms with Crippen molar-refractivity contribution < 1.29 is 24.1 Å². The van der Waals surface area contributed by atoms with Crippen LogP contribution in [0.25, 0.3) is 22.3 Å². The minimum absolute atomic E-state index is 0.0705. The number of aromatic nitrogens is 8. The monoisotopic (exact) mass is 678 g/mol. The van der Waals surface area contributed by atoms with Crippen LogP contribution in [0, 0.1) is 0 Å². The van der Waals surface area contributed by atoms with Gasteiger partial charge >= 0.3 is 6.01 Å². The average Bonchev–Trinajstić information content (AvgIpc) is 3.52. The first-order valence-corrected chi connectivity index (χ1v) is 15.7. The Labute approximate surface area is 268 Å². The summed E-state index contributed by atoms with van der Waals surface area (Å²) in [5.74, 6) is 0.369. The number of nitrogens with zero attached hydrogens (tertiary/aromatic N) is 8.